The molecule has 4 aromatic heterocycles. The van der Waals surface area contributed by atoms with Crippen molar-refractivity contribution in [2.24, 2.45) is 0 Å². The van der Waals surface area contributed by atoms with Gasteiger partial charge in [0.25, 0.3) is 5.56 Å². The molecule has 0 aliphatic carbocycles. The van der Waals surface area contributed by atoms with Crippen molar-refractivity contribution in [3.8, 4) is 22.4 Å². The molecule has 6 rings (SSSR count). The summed E-state index contributed by atoms with van der Waals surface area (Å²) in [6, 6.07) is 13.9. The minimum atomic E-state index is -0.415. The number of benzene rings is 2. The van der Waals surface area contributed by atoms with Gasteiger partial charge >= 0.3 is 0 Å². The molecule has 10 heteroatoms. The van der Waals surface area contributed by atoms with Gasteiger partial charge in [0.15, 0.2) is 5.65 Å². The highest BCUT2D eigenvalue weighted by molar-refractivity contribution is 7.15. The predicted molar refractivity (Wildman–Crippen MR) is 154 cm³/mol. The van der Waals surface area contributed by atoms with Gasteiger partial charge < -0.3 is 11.5 Å². The number of nitrogen functional groups attached to an aromatic ring is 2. The third kappa shape index (κ3) is 4.22. The van der Waals surface area contributed by atoms with Crippen LogP contribution in [0.5, 0.6) is 0 Å². The highest BCUT2D eigenvalue weighted by atomic mass is 32.1. The van der Waals surface area contributed by atoms with Gasteiger partial charge in [-0.05, 0) is 54.3 Å². The zero-order valence-electron chi connectivity index (χ0n) is 21.5. The summed E-state index contributed by atoms with van der Waals surface area (Å²) in [5.41, 5.74) is 18.6. The van der Waals surface area contributed by atoms with E-state index in [9.17, 15) is 9.18 Å². The number of aromatic nitrogens is 5. The van der Waals surface area contributed by atoms with Crippen molar-refractivity contribution in [1.82, 2.24) is 24.1 Å². The fourth-order valence-electron chi connectivity index (χ4n) is 5.07. The Hall–Kier alpha value is -4.57. The zero-order chi connectivity index (χ0) is 27.3. The van der Waals surface area contributed by atoms with Crippen LogP contribution in [0.2, 0.25) is 0 Å². The number of aryl methyl sites for hydroxylation is 2. The van der Waals surface area contributed by atoms with Crippen molar-refractivity contribution in [2.75, 3.05) is 11.5 Å². The Bertz CT molecular complexity index is 1940. The second kappa shape index (κ2) is 9.63. The van der Waals surface area contributed by atoms with Crippen molar-refractivity contribution in [3.05, 3.63) is 93.2 Å². The van der Waals surface area contributed by atoms with Crippen LogP contribution < -0.4 is 17.0 Å². The van der Waals surface area contributed by atoms with Gasteiger partial charge in [0.1, 0.15) is 28.5 Å². The highest BCUT2D eigenvalue weighted by Crippen LogP contribution is 2.33. The summed E-state index contributed by atoms with van der Waals surface area (Å²) in [7, 11) is 0. The SMILES string of the molecule is CCCc1ccc(-c2nn(Cc3cc4scc(C)n4c(=O)c3-c3cccc(F)c3)c3ncnc(N)c23)cc1N. The van der Waals surface area contributed by atoms with E-state index in [2.05, 4.69) is 16.9 Å². The van der Waals surface area contributed by atoms with Crippen molar-refractivity contribution >= 4 is 38.7 Å². The van der Waals surface area contributed by atoms with E-state index in [1.165, 1.54) is 29.8 Å². The first-order valence-electron chi connectivity index (χ1n) is 12.6. The van der Waals surface area contributed by atoms with Crippen molar-refractivity contribution in [3.63, 3.8) is 0 Å². The molecule has 6 aromatic rings. The molecule has 0 saturated heterocycles. The number of rotatable bonds is 6. The van der Waals surface area contributed by atoms with E-state index in [-0.39, 0.29) is 12.1 Å². The molecular formula is C29H26FN7OS. The van der Waals surface area contributed by atoms with E-state index in [0.717, 1.165) is 34.5 Å². The van der Waals surface area contributed by atoms with Crippen LogP contribution >= 0.6 is 11.3 Å². The molecule has 0 saturated carbocycles. The maximum atomic E-state index is 14.3. The number of fused-ring (bicyclic) bond motifs is 2. The number of pyridine rings is 1. The van der Waals surface area contributed by atoms with Crippen LogP contribution in [-0.4, -0.2) is 24.1 Å². The van der Waals surface area contributed by atoms with Gasteiger partial charge in [-0.3, -0.25) is 9.20 Å². The molecule has 2 aromatic carbocycles. The summed E-state index contributed by atoms with van der Waals surface area (Å²) in [5, 5.41) is 7.44. The molecule has 0 unspecified atom stereocenters. The van der Waals surface area contributed by atoms with Gasteiger partial charge in [-0.2, -0.15) is 5.10 Å². The van der Waals surface area contributed by atoms with E-state index in [4.69, 9.17) is 16.6 Å². The number of thiazole rings is 1. The molecule has 0 aliphatic rings. The van der Waals surface area contributed by atoms with Crippen LogP contribution in [0.15, 0.2) is 65.0 Å². The van der Waals surface area contributed by atoms with E-state index < -0.39 is 5.82 Å². The van der Waals surface area contributed by atoms with Crippen LogP contribution in [0.1, 0.15) is 30.2 Å². The molecule has 0 fully saturated rings. The minimum absolute atomic E-state index is 0.211. The van der Waals surface area contributed by atoms with Crippen molar-refractivity contribution < 1.29 is 4.39 Å². The Labute approximate surface area is 227 Å². The normalized spacial score (nSPS) is 11.6. The predicted octanol–water partition coefficient (Wildman–Crippen LogP) is 5.45. The van der Waals surface area contributed by atoms with Gasteiger partial charge in [-0.25, -0.2) is 19.0 Å². The molecule has 196 valence electrons. The molecule has 4 N–H and O–H groups in total. The largest absolute Gasteiger partial charge is 0.398 e. The first-order chi connectivity index (χ1) is 18.9. The van der Waals surface area contributed by atoms with E-state index in [1.54, 1.807) is 21.2 Å². The van der Waals surface area contributed by atoms with Gasteiger partial charge in [0, 0.05) is 22.3 Å². The Kier molecular flexibility index (Phi) is 6.11. The smallest absolute Gasteiger partial charge is 0.264 e. The monoisotopic (exact) mass is 539 g/mol. The molecule has 0 atom stereocenters. The van der Waals surface area contributed by atoms with Crippen molar-refractivity contribution in [1.29, 1.82) is 0 Å². The van der Waals surface area contributed by atoms with Crippen molar-refractivity contribution in [2.45, 2.75) is 33.2 Å². The summed E-state index contributed by atoms with van der Waals surface area (Å²) < 4.78 is 17.6. The van der Waals surface area contributed by atoms with E-state index in [1.807, 2.05) is 36.6 Å². The lowest BCUT2D eigenvalue weighted by Gasteiger charge is -2.12. The standard InChI is InChI=1S/C29H26FN7OS/c1-3-5-17-8-9-19(11-22(17)31)26-25-27(32)33-15-34-28(25)36(35-26)13-20-12-23-37(16(2)14-39-23)29(38)24(20)18-6-4-7-21(30)10-18/h4,6-12,14-15H,3,5,13,31H2,1-2H3,(H2,32,33,34). The number of nitrogens with two attached hydrogens (primary N) is 2. The molecule has 0 aliphatic heterocycles. The van der Waals surface area contributed by atoms with Gasteiger partial charge in [-0.1, -0.05) is 37.6 Å². The molecule has 4 heterocycles. The molecule has 0 spiro atoms. The van der Waals surface area contributed by atoms with Crippen LogP contribution in [0, 0.1) is 12.7 Å². The zero-order valence-corrected chi connectivity index (χ0v) is 22.3. The summed E-state index contributed by atoms with van der Waals surface area (Å²) in [6.45, 7) is 4.20. The third-order valence-electron chi connectivity index (χ3n) is 6.89. The number of hydrogen-bond donors (Lipinski definition) is 2. The average Bonchev–Trinajstić information content (AvgIpc) is 3.47. The molecule has 0 amide bonds. The van der Waals surface area contributed by atoms with E-state index in [0.29, 0.717) is 44.9 Å². The van der Waals surface area contributed by atoms with Gasteiger partial charge in [-0.15, -0.1) is 11.3 Å². The Morgan fingerprint density at radius 1 is 1.03 bits per heavy atom. The van der Waals surface area contributed by atoms with Gasteiger partial charge in [0.2, 0.25) is 0 Å². The summed E-state index contributed by atoms with van der Waals surface area (Å²) >= 11 is 1.47. The lowest BCUT2D eigenvalue weighted by atomic mass is 10.0. The topological polar surface area (TPSA) is 117 Å². The number of hydrogen-bond acceptors (Lipinski definition) is 7. The fraction of sp³-hybridized carbons (Fsp3) is 0.172. The second-order valence-electron chi connectivity index (χ2n) is 9.54. The fourth-order valence-corrected chi connectivity index (χ4v) is 6.01. The average molecular weight is 540 g/mol. The van der Waals surface area contributed by atoms with Gasteiger partial charge in [0.05, 0.1) is 17.5 Å². The van der Waals surface area contributed by atoms with Crippen LogP contribution in [0.3, 0.4) is 0 Å². The summed E-state index contributed by atoms with van der Waals surface area (Å²) in [6.07, 6.45) is 3.27. The lowest BCUT2D eigenvalue weighted by molar-refractivity contribution is 0.628. The quantitative estimate of drug-likeness (QED) is 0.272. The molecule has 8 nitrogen and oxygen atoms in total. The van der Waals surface area contributed by atoms with Crippen LogP contribution in [0.25, 0.3) is 38.2 Å². The van der Waals surface area contributed by atoms with E-state index >= 15 is 0 Å². The molecule has 0 bridgehead atoms. The summed E-state index contributed by atoms with van der Waals surface area (Å²) in [4.78, 5) is 23.2. The molecular weight excluding hydrogens is 513 g/mol. The van der Waals surface area contributed by atoms with Crippen LogP contribution in [-0.2, 0) is 13.0 Å². The van der Waals surface area contributed by atoms with Crippen LogP contribution in [0.4, 0.5) is 15.9 Å². The lowest BCUT2D eigenvalue weighted by Crippen LogP contribution is -2.19. The maximum Gasteiger partial charge on any atom is 0.264 e. The Morgan fingerprint density at radius 3 is 2.64 bits per heavy atom. The third-order valence-corrected chi connectivity index (χ3v) is 7.89. The Morgan fingerprint density at radius 2 is 1.87 bits per heavy atom. The number of anilines is 2. The first kappa shape index (κ1) is 24.7. The first-order valence-corrected chi connectivity index (χ1v) is 13.5. The second-order valence-corrected chi connectivity index (χ2v) is 10.4. The summed E-state index contributed by atoms with van der Waals surface area (Å²) in [5.74, 6) is -0.117. The number of nitrogens with zero attached hydrogens (tertiary/aromatic N) is 5. The minimum Gasteiger partial charge on any atom is -0.398 e. The Balaban J connectivity index is 1.56. The molecule has 39 heavy (non-hydrogen) atoms. The highest BCUT2D eigenvalue weighted by Gasteiger charge is 2.21. The molecule has 0 radical (unpaired) electrons. The number of halogens is 1. The maximum absolute atomic E-state index is 14.3.